The molecule has 0 fully saturated rings. The molecular formula is C10H8N2O. The van der Waals surface area contributed by atoms with E-state index in [2.05, 4.69) is 4.98 Å². The number of aliphatic hydroxyl groups excluding tert-OH is 1. The van der Waals surface area contributed by atoms with Crippen molar-refractivity contribution in [1.82, 2.24) is 9.55 Å². The first-order valence-corrected chi connectivity index (χ1v) is 4.18. The third kappa shape index (κ3) is 0.742. The molecule has 0 radical (unpaired) electrons. The Bertz CT molecular complexity index is 461. The van der Waals surface area contributed by atoms with Gasteiger partial charge in [-0.1, -0.05) is 6.07 Å². The van der Waals surface area contributed by atoms with Gasteiger partial charge in [-0.15, -0.1) is 0 Å². The molecular weight excluding hydrogens is 164 g/mol. The summed E-state index contributed by atoms with van der Waals surface area (Å²) in [6, 6.07) is 7.57. The number of hydrogen-bond donors (Lipinski definition) is 1. The highest BCUT2D eigenvalue weighted by Gasteiger charge is 2.26. The molecule has 0 aliphatic carbocycles. The number of aromatic nitrogens is 2. The Morgan fingerprint density at radius 2 is 2.23 bits per heavy atom. The molecule has 1 N–H and O–H groups in total. The van der Waals surface area contributed by atoms with E-state index in [1.165, 1.54) is 0 Å². The molecule has 0 saturated heterocycles. The van der Waals surface area contributed by atoms with Gasteiger partial charge in [0.25, 0.3) is 0 Å². The lowest BCUT2D eigenvalue weighted by Gasteiger charge is -2.00. The van der Waals surface area contributed by atoms with Crippen LogP contribution < -0.4 is 0 Å². The summed E-state index contributed by atoms with van der Waals surface area (Å²) in [5.74, 6) is 0.843. The van der Waals surface area contributed by atoms with Crippen LogP contribution in [0.4, 0.5) is 0 Å². The SMILES string of the molecule is OC1c2cccnc2-n2cccc21. The van der Waals surface area contributed by atoms with Crippen molar-refractivity contribution < 1.29 is 5.11 Å². The van der Waals surface area contributed by atoms with Crippen molar-refractivity contribution in [3.05, 3.63) is 47.9 Å². The minimum Gasteiger partial charge on any atom is -0.382 e. The Morgan fingerprint density at radius 3 is 3.15 bits per heavy atom. The summed E-state index contributed by atoms with van der Waals surface area (Å²) in [6.07, 6.45) is 3.14. The molecule has 2 aromatic rings. The van der Waals surface area contributed by atoms with Crippen molar-refractivity contribution in [3.8, 4) is 5.82 Å². The third-order valence-corrected chi connectivity index (χ3v) is 2.40. The number of rotatable bonds is 0. The molecule has 3 rings (SSSR count). The summed E-state index contributed by atoms with van der Waals surface area (Å²) in [7, 11) is 0. The largest absolute Gasteiger partial charge is 0.382 e. The highest BCUT2D eigenvalue weighted by atomic mass is 16.3. The maximum atomic E-state index is 9.86. The van der Waals surface area contributed by atoms with Crippen LogP contribution >= 0.6 is 0 Å². The average Bonchev–Trinajstić information content (AvgIpc) is 2.72. The standard InChI is InChI=1S/C10H8N2O/c13-9-7-3-1-5-11-10(7)12-6-2-4-8(9)12/h1-6,9,13H. The first kappa shape index (κ1) is 6.86. The zero-order valence-corrected chi connectivity index (χ0v) is 6.88. The lowest BCUT2D eigenvalue weighted by molar-refractivity contribution is 0.221. The van der Waals surface area contributed by atoms with Gasteiger partial charge < -0.3 is 9.67 Å². The molecule has 1 aliphatic heterocycles. The van der Waals surface area contributed by atoms with E-state index in [-0.39, 0.29) is 0 Å². The van der Waals surface area contributed by atoms with Gasteiger partial charge in [0.1, 0.15) is 11.9 Å². The molecule has 1 unspecified atom stereocenters. The molecule has 1 aliphatic rings. The summed E-state index contributed by atoms with van der Waals surface area (Å²) in [4.78, 5) is 4.23. The van der Waals surface area contributed by atoms with Gasteiger partial charge >= 0.3 is 0 Å². The van der Waals surface area contributed by atoms with Crippen molar-refractivity contribution in [2.75, 3.05) is 0 Å². The monoisotopic (exact) mass is 172 g/mol. The molecule has 0 amide bonds. The minimum atomic E-state index is -0.515. The van der Waals surface area contributed by atoms with Crippen LogP contribution in [-0.2, 0) is 0 Å². The molecule has 13 heavy (non-hydrogen) atoms. The fraction of sp³-hybridized carbons (Fsp3) is 0.100. The molecule has 3 heterocycles. The Balaban J connectivity index is 2.37. The van der Waals surface area contributed by atoms with Gasteiger partial charge in [-0.05, 0) is 18.2 Å². The highest BCUT2D eigenvalue weighted by Crippen LogP contribution is 2.34. The predicted molar refractivity (Wildman–Crippen MR) is 47.6 cm³/mol. The maximum Gasteiger partial charge on any atom is 0.143 e. The maximum absolute atomic E-state index is 9.86. The fourth-order valence-electron chi connectivity index (χ4n) is 1.79. The van der Waals surface area contributed by atoms with Crippen LogP contribution in [0.15, 0.2) is 36.7 Å². The van der Waals surface area contributed by atoms with Gasteiger partial charge in [0.2, 0.25) is 0 Å². The number of aliphatic hydroxyl groups is 1. The van der Waals surface area contributed by atoms with Crippen LogP contribution in [0.5, 0.6) is 0 Å². The lowest BCUT2D eigenvalue weighted by atomic mass is 10.1. The summed E-state index contributed by atoms with van der Waals surface area (Å²) in [5.41, 5.74) is 1.78. The fourth-order valence-corrected chi connectivity index (χ4v) is 1.79. The molecule has 2 aromatic heterocycles. The Hall–Kier alpha value is -1.61. The second kappa shape index (κ2) is 2.20. The summed E-state index contributed by atoms with van der Waals surface area (Å²) < 4.78 is 1.92. The van der Waals surface area contributed by atoms with Crippen molar-refractivity contribution in [3.63, 3.8) is 0 Å². The Labute approximate surface area is 75.3 Å². The number of hydrogen-bond acceptors (Lipinski definition) is 2. The van der Waals surface area contributed by atoms with E-state index >= 15 is 0 Å². The number of fused-ring (bicyclic) bond motifs is 3. The summed E-state index contributed by atoms with van der Waals surface area (Å²) in [6.45, 7) is 0. The average molecular weight is 172 g/mol. The van der Waals surface area contributed by atoms with Crippen molar-refractivity contribution >= 4 is 0 Å². The van der Waals surface area contributed by atoms with E-state index in [9.17, 15) is 5.11 Å². The molecule has 0 saturated carbocycles. The van der Waals surface area contributed by atoms with Crippen LogP contribution in [0.25, 0.3) is 5.82 Å². The smallest absolute Gasteiger partial charge is 0.143 e. The number of pyridine rings is 1. The Morgan fingerprint density at radius 1 is 1.31 bits per heavy atom. The van der Waals surface area contributed by atoms with E-state index in [1.807, 2.05) is 35.0 Å². The zero-order valence-electron chi connectivity index (χ0n) is 6.88. The first-order valence-electron chi connectivity index (χ1n) is 4.18. The van der Waals surface area contributed by atoms with Gasteiger partial charge in [-0.2, -0.15) is 0 Å². The van der Waals surface area contributed by atoms with Crippen molar-refractivity contribution in [1.29, 1.82) is 0 Å². The van der Waals surface area contributed by atoms with E-state index in [0.717, 1.165) is 17.1 Å². The molecule has 64 valence electrons. The van der Waals surface area contributed by atoms with Crippen LogP contribution in [-0.4, -0.2) is 14.7 Å². The third-order valence-electron chi connectivity index (χ3n) is 2.40. The molecule has 0 spiro atoms. The van der Waals surface area contributed by atoms with Crippen LogP contribution in [0, 0.1) is 0 Å². The first-order chi connectivity index (χ1) is 6.38. The van der Waals surface area contributed by atoms with Crippen LogP contribution in [0.2, 0.25) is 0 Å². The molecule has 3 heteroatoms. The molecule has 0 aromatic carbocycles. The molecule has 0 bridgehead atoms. The number of nitrogens with zero attached hydrogens (tertiary/aromatic N) is 2. The van der Waals surface area contributed by atoms with E-state index in [0.29, 0.717) is 0 Å². The predicted octanol–water partition coefficient (Wildman–Crippen LogP) is 1.27. The quantitative estimate of drug-likeness (QED) is 0.649. The van der Waals surface area contributed by atoms with Crippen molar-refractivity contribution in [2.45, 2.75) is 6.10 Å². The van der Waals surface area contributed by atoms with Crippen molar-refractivity contribution in [2.24, 2.45) is 0 Å². The Kier molecular flexibility index (Phi) is 1.16. The normalized spacial score (nSPS) is 18.4. The van der Waals surface area contributed by atoms with Gasteiger partial charge in [0, 0.05) is 18.0 Å². The van der Waals surface area contributed by atoms with Crippen LogP contribution in [0.1, 0.15) is 17.4 Å². The van der Waals surface area contributed by atoms with Gasteiger partial charge in [-0.3, -0.25) is 0 Å². The second-order valence-corrected chi connectivity index (χ2v) is 3.12. The highest BCUT2D eigenvalue weighted by molar-refractivity contribution is 5.47. The topological polar surface area (TPSA) is 38.1 Å². The van der Waals surface area contributed by atoms with E-state index < -0.39 is 6.10 Å². The lowest BCUT2D eigenvalue weighted by Crippen LogP contribution is -1.92. The second-order valence-electron chi connectivity index (χ2n) is 3.12. The van der Waals surface area contributed by atoms with Gasteiger partial charge in [0.05, 0.1) is 5.69 Å². The summed E-state index contributed by atoms with van der Waals surface area (Å²) >= 11 is 0. The molecule has 3 nitrogen and oxygen atoms in total. The van der Waals surface area contributed by atoms with Gasteiger partial charge in [-0.25, -0.2) is 4.98 Å². The van der Waals surface area contributed by atoms with E-state index in [1.54, 1.807) is 6.20 Å². The summed E-state index contributed by atoms with van der Waals surface area (Å²) in [5, 5.41) is 9.86. The molecule has 1 atom stereocenters. The zero-order chi connectivity index (χ0) is 8.84. The van der Waals surface area contributed by atoms with E-state index in [4.69, 9.17) is 0 Å². The minimum absolute atomic E-state index is 0.515. The van der Waals surface area contributed by atoms with Gasteiger partial charge in [0.15, 0.2) is 0 Å². The van der Waals surface area contributed by atoms with Crippen LogP contribution in [0.3, 0.4) is 0 Å².